The summed E-state index contributed by atoms with van der Waals surface area (Å²) in [6, 6.07) is 2.10. The molecule has 3 N–H and O–H groups in total. The molecule has 1 saturated heterocycles. The van der Waals surface area contributed by atoms with E-state index in [1.165, 1.54) is 0 Å². The summed E-state index contributed by atoms with van der Waals surface area (Å²) in [5.41, 5.74) is 7.55. The zero-order chi connectivity index (χ0) is 13.9. The normalized spacial score (nSPS) is 18.9. The van der Waals surface area contributed by atoms with Crippen molar-refractivity contribution in [2.75, 3.05) is 24.3 Å². The van der Waals surface area contributed by atoms with E-state index in [-0.39, 0.29) is 6.04 Å². The lowest BCUT2D eigenvalue weighted by Crippen LogP contribution is -2.30. The van der Waals surface area contributed by atoms with Crippen LogP contribution in [-0.4, -0.2) is 39.0 Å². The molecule has 2 aromatic rings. The Morgan fingerprint density at radius 1 is 1.50 bits per heavy atom. The molecule has 0 bridgehead atoms. The SMILES string of the molecule is Cn1ncc(-c2ccnc(NC3CCCOC3)n2)c1N. The maximum Gasteiger partial charge on any atom is 0.223 e. The van der Waals surface area contributed by atoms with Crippen LogP contribution in [0.2, 0.25) is 0 Å². The number of aromatic nitrogens is 4. The summed E-state index contributed by atoms with van der Waals surface area (Å²) in [6.07, 6.45) is 5.57. The number of nitrogens with one attached hydrogen (secondary N) is 1. The third-order valence-corrected chi connectivity index (χ3v) is 3.41. The second kappa shape index (κ2) is 5.46. The minimum absolute atomic E-state index is 0.269. The Labute approximate surface area is 117 Å². The van der Waals surface area contributed by atoms with Gasteiger partial charge in [0.2, 0.25) is 5.95 Å². The van der Waals surface area contributed by atoms with Gasteiger partial charge in [-0.2, -0.15) is 5.10 Å². The molecule has 1 unspecified atom stereocenters. The molecule has 7 nitrogen and oxygen atoms in total. The molecular weight excluding hydrogens is 256 g/mol. The number of rotatable bonds is 3. The predicted octanol–water partition coefficient (Wildman–Crippen LogP) is 1.05. The molecule has 0 aliphatic carbocycles. The summed E-state index contributed by atoms with van der Waals surface area (Å²) in [6.45, 7) is 1.54. The molecule has 1 fully saturated rings. The second-order valence-corrected chi connectivity index (χ2v) is 4.89. The van der Waals surface area contributed by atoms with Gasteiger partial charge < -0.3 is 15.8 Å². The predicted molar refractivity (Wildman–Crippen MR) is 76.1 cm³/mol. The molecule has 0 radical (unpaired) electrons. The average molecular weight is 274 g/mol. The molecule has 0 aromatic carbocycles. The first-order chi connectivity index (χ1) is 9.74. The van der Waals surface area contributed by atoms with Gasteiger partial charge in [-0.15, -0.1) is 0 Å². The maximum atomic E-state index is 5.97. The van der Waals surface area contributed by atoms with Crippen molar-refractivity contribution in [1.29, 1.82) is 0 Å². The average Bonchev–Trinajstić information content (AvgIpc) is 2.80. The Balaban J connectivity index is 1.80. The fourth-order valence-corrected chi connectivity index (χ4v) is 2.26. The third kappa shape index (κ3) is 2.57. The summed E-state index contributed by atoms with van der Waals surface area (Å²) in [7, 11) is 1.80. The molecular formula is C13H18N6O. The van der Waals surface area contributed by atoms with Gasteiger partial charge in [0.15, 0.2) is 0 Å². The maximum absolute atomic E-state index is 5.97. The van der Waals surface area contributed by atoms with Crippen LogP contribution in [0.15, 0.2) is 18.5 Å². The molecule has 1 aliphatic rings. The Kier molecular flexibility index (Phi) is 3.51. The highest BCUT2D eigenvalue weighted by Gasteiger charge is 2.15. The number of ether oxygens (including phenoxy) is 1. The molecule has 3 rings (SSSR count). The fraction of sp³-hybridized carbons (Fsp3) is 0.462. The smallest absolute Gasteiger partial charge is 0.223 e. The number of nitrogens with two attached hydrogens (primary N) is 1. The van der Waals surface area contributed by atoms with E-state index in [9.17, 15) is 0 Å². The third-order valence-electron chi connectivity index (χ3n) is 3.41. The quantitative estimate of drug-likeness (QED) is 0.869. The minimum Gasteiger partial charge on any atom is -0.383 e. The number of nitrogen functional groups attached to an aromatic ring is 1. The van der Waals surface area contributed by atoms with Gasteiger partial charge in [0.25, 0.3) is 0 Å². The molecule has 106 valence electrons. The lowest BCUT2D eigenvalue weighted by atomic mass is 10.1. The van der Waals surface area contributed by atoms with Crippen molar-refractivity contribution in [2.45, 2.75) is 18.9 Å². The van der Waals surface area contributed by atoms with Gasteiger partial charge in [-0.3, -0.25) is 4.68 Å². The number of aryl methyl sites for hydroxylation is 1. The van der Waals surface area contributed by atoms with Gasteiger partial charge in [0.1, 0.15) is 5.82 Å². The van der Waals surface area contributed by atoms with E-state index < -0.39 is 0 Å². The lowest BCUT2D eigenvalue weighted by Gasteiger charge is -2.23. The first kappa shape index (κ1) is 12.9. The topological polar surface area (TPSA) is 90.9 Å². The van der Waals surface area contributed by atoms with E-state index in [1.54, 1.807) is 24.1 Å². The van der Waals surface area contributed by atoms with Crippen molar-refractivity contribution in [2.24, 2.45) is 7.05 Å². The van der Waals surface area contributed by atoms with Crippen molar-refractivity contribution in [3.8, 4) is 11.3 Å². The second-order valence-electron chi connectivity index (χ2n) is 4.89. The van der Waals surface area contributed by atoms with Crippen molar-refractivity contribution < 1.29 is 4.74 Å². The highest BCUT2D eigenvalue weighted by molar-refractivity contribution is 5.70. The Hall–Kier alpha value is -2.15. The van der Waals surface area contributed by atoms with Gasteiger partial charge in [0, 0.05) is 19.9 Å². The van der Waals surface area contributed by atoms with E-state index in [0.717, 1.165) is 30.7 Å². The van der Waals surface area contributed by atoms with Crippen LogP contribution < -0.4 is 11.1 Å². The van der Waals surface area contributed by atoms with Crippen LogP contribution in [-0.2, 0) is 11.8 Å². The summed E-state index contributed by atoms with van der Waals surface area (Å²) in [5, 5.41) is 7.43. The molecule has 20 heavy (non-hydrogen) atoms. The first-order valence-corrected chi connectivity index (χ1v) is 6.69. The van der Waals surface area contributed by atoms with E-state index in [0.29, 0.717) is 18.4 Å². The van der Waals surface area contributed by atoms with Crippen molar-refractivity contribution in [3.63, 3.8) is 0 Å². The molecule has 7 heteroatoms. The zero-order valence-electron chi connectivity index (χ0n) is 11.4. The summed E-state index contributed by atoms with van der Waals surface area (Å²) >= 11 is 0. The lowest BCUT2D eigenvalue weighted by molar-refractivity contribution is 0.0874. The van der Waals surface area contributed by atoms with E-state index in [2.05, 4.69) is 20.4 Å². The largest absolute Gasteiger partial charge is 0.383 e. The number of anilines is 2. The van der Waals surface area contributed by atoms with Crippen molar-refractivity contribution >= 4 is 11.8 Å². The van der Waals surface area contributed by atoms with Crippen LogP contribution in [0.1, 0.15) is 12.8 Å². The molecule has 1 atom stereocenters. The van der Waals surface area contributed by atoms with Crippen LogP contribution in [0, 0.1) is 0 Å². The van der Waals surface area contributed by atoms with Crippen LogP contribution in [0.4, 0.5) is 11.8 Å². The Morgan fingerprint density at radius 3 is 3.10 bits per heavy atom. The van der Waals surface area contributed by atoms with Crippen LogP contribution in [0.3, 0.4) is 0 Å². The van der Waals surface area contributed by atoms with Crippen LogP contribution in [0.25, 0.3) is 11.3 Å². The van der Waals surface area contributed by atoms with E-state index >= 15 is 0 Å². The number of hydrogen-bond donors (Lipinski definition) is 2. The van der Waals surface area contributed by atoms with E-state index in [4.69, 9.17) is 10.5 Å². The number of nitrogens with zero attached hydrogens (tertiary/aromatic N) is 4. The highest BCUT2D eigenvalue weighted by Crippen LogP contribution is 2.23. The zero-order valence-corrected chi connectivity index (χ0v) is 11.4. The number of hydrogen-bond acceptors (Lipinski definition) is 6. The molecule has 1 aliphatic heterocycles. The summed E-state index contributed by atoms with van der Waals surface area (Å²) < 4.78 is 7.06. The standard InChI is InChI=1S/C13H18N6O/c1-19-12(14)10(7-16-19)11-4-5-15-13(18-11)17-9-3-2-6-20-8-9/h4-5,7,9H,2-3,6,8,14H2,1H3,(H,15,17,18). The Bertz CT molecular complexity index is 590. The summed E-state index contributed by atoms with van der Waals surface area (Å²) in [5.74, 6) is 1.19. The fourth-order valence-electron chi connectivity index (χ4n) is 2.26. The van der Waals surface area contributed by atoms with Crippen LogP contribution >= 0.6 is 0 Å². The molecule has 3 heterocycles. The van der Waals surface area contributed by atoms with Gasteiger partial charge in [-0.05, 0) is 18.9 Å². The monoisotopic (exact) mass is 274 g/mol. The molecule has 0 saturated carbocycles. The highest BCUT2D eigenvalue weighted by atomic mass is 16.5. The van der Waals surface area contributed by atoms with Gasteiger partial charge in [-0.25, -0.2) is 9.97 Å². The molecule has 0 amide bonds. The van der Waals surface area contributed by atoms with Gasteiger partial charge in [0.05, 0.1) is 30.1 Å². The van der Waals surface area contributed by atoms with Gasteiger partial charge >= 0.3 is 0 Å². The van der Waals surface area contributed by atoms with E-state index in [1.807, 2.05) is 6.07 Å². The Morgan fingerprint density at radius 2 is 2.40 bits per heavy atom. The minimum atomic E-state index is 0.269. The van der Waals surface area contributed by atoms with Crippen molar-refractivity contribution in [1.82, 2.24) is 19.7 Å². The van der Waals surface area contributed by atoms with Gasteiger partial charge in [-0.1, -0.05) is 0 Å². The van der Waals surface area contributed by atoms with Crippen molar-refractivity contribution in [3.05, 3.63) is 18.5 Å². The van der Waals surface area contributed by atoms with Crippen LogP contribution in [0.5, 0.6) is 0 Å². The molecule has 2 aromatic heterocycles. The first-order valence-electron chi connectivity index (χ1n) is 6.69. The summed E-state index contributed by atoms with van der Waals surface area (Å²) in [4.78, 5) is 8.75. The molecule has 0 spiro atoms.